The predicted molar refractivity (Wildman–Crippen MR) is 67.1 cm³/mol. The Kier molecular flexibility index (Phi) is 3.96. The van der Waals surface area contributed by atoms with Gasteiger partial charge in [-0.1, -0.05) is 11.3 Å². The van der Waals surface area contributed by atoms with Gasteiger partial charge in [0, 0.05) is 19.8 Å². The minimum atomic E-state index is -0.0665. The van der Waals surface area contributed by atoms with Crippen LogP contribution in [0.5, 0.6) is 0 Å². The molecule has 1 saturated heterocycles. The molecule has 0 bridgehead atoms. The Bertz CT molecular complexity index is 399. The number of ether oxygens (including phenoxy) is 1. The number of nitrogen functional groups attached to an aromatic ring is 1. The molecule has 0 unspecified atom stereocenters. The zero-order valence-electron chi connectivity index (χ0n) is 9.86. The summed E-state index contributed by atoms with van der Waals surface area (Å²) in [4.78, 5) is 16.6. The SMILES string of the molecule is Cc1nc(N)sc1C(=O)NCC1CCOCC1. The highest BCUT2D eigenvalue weighted by Crippen LogP contribution is 2.20. The maximum absolute atomic E-state index is 11.9. The van der Waals surface area contributed by atoms with Gasteiger partial charge >= 0.3 is 0 Å². The fourth-order valence-electron chi connectivity index (χ4n) is 1.90. The molecule has 0 saturated carbocycles. The third kappa shape index (κ3) is 3.17. The number of anilines is 1. The van der Waals surface area contributed by atoms with E-state index in [2.05, 4.69) is 10.3 Å². The molecule has 94 valence electrons. The van der Waals surface area contributed by atoms with Crippen molar-refractivity contribution in [3.05, 3.63) is 10.6 Å². The molecule has 1 aromatic heterocycles. The van der Waals surface area contributed by atoms with E-state index < -0.39 is 0 Å². The molecule has 1 fully saturated rings. The number of aromatic nitrogens is 1. The second kappa shape index (κ2) is 5.46. The van der Waals surface area contributed by atoms with Crippen LogP contribution in [0.3, 0.4) is 0 Å². The third-order valence-electron chi connectivity index (χ3n) is 2.91. The van der Waals surface area contributed by atoms with Crippen LogP contribution in [0.4, 0.5) is 5.13 Å². The van der Waals surface area contributed by atoms with Crippen molar-refractivity contribution in [2.24, 2.45) is 5.92 Å². The summed E-state index contributed by atoms with van der Waals surface area (Å²) in [5.74, 6) is 0.460. The topological polar surface area (TPSA) is 77.2 Å². The molecule has 6 heteroatoms. The van der Waals surface area contributed by atoms with Crippen LogP contribution in [0.1, 0.15) is 28.2 Å². The first-order chi connectivity index (χ1) is 8.16. The van der Waals surface area contributed by atoms with Gasteiger partial charge in [0.05, 0.1) is 5.69 Å². The number of aryl methyl sites for hydroxylation is 1. The molecule has 5 nitrogen and oxygen atoms in total. The number of nitrogens with one attached hydrogen (secondary N) is 1. The molecule has 0 radical (unpaired) electrons. The summed E-state index contributed by atoms with van der Waals surface area (Å²) in [5, 5.41) is 3.39. The maximum Gasteiger partial charge on any atom is 0.263 e. The number of carbonyl (C=O) groups excluding carboxylic acids is 1. The Hall–Kier alpha value is -1.14. The van der Waals surface area contributed by atoms with Crippen LogP contribution in [-0.2, 0) is 4.74 Å². The van der Waals surface area contributed by atoms with E-state index in [1.807, 2.05) is 0 Å². The van der Waals surface area contributed by atoms with Gasteiger partial charge in [0.2, 0.25) is 0 Å². The lowest BCUT2D eigenvalue weighted by atomic mass is 10.0. The molecule has 0 aliphatic carbocycles. The highest BCUT2D eigenvalue weighted by atomic mass is 32.1. The predicted octanol–water partition coefficient (Wildman–Crippen LogP) is 1.19. The first-order valence-corrected chi connectivity index (χ1v) is 6.57. The average molecular weight is 255 g/mol. The molecule has 0 aromatic carbocycles. The molecule has 1 aliphatic rings. The lowest BCUT2D eigenvalue weighted by molar-refractivity contribution is 0.0643. The van der Waals surface area contributed by atoms with Gasteiger partial charge in [0.15, 0.2) is 5.13 Å². The Morgan fingerprint density at radius 1 is 1.59 bits per heavy atom. The number of nitrogens with zero attached hydrogens (tertiary/aromatic N) is 1. The number of carbonyl (C=O) groups is 1. The molecule has 1 aromatic rings. The fraction of sp³-hybridized carbons (Fsp3) is 0.636. The van der Waals surface area contributed by atoms with Crippen LogP contribution in [-0.4, -0.2) is 30.6 Å². The van der Waals surface area contributed by atoms with Crippen molar-refractivity contribution in [2.45, 2.75) is 19.8 Å². The molecule has 0 spiro atoms. The number of nitrogens with two attached hydrogens (primary N) is 1. The van der Waals surface area contributed by atoms with E-state index >= 15 is 0 Å². The van der Waals surface area contributed by atoms with Gasteiger partial charge in [-0.25, -0.2) is 4.98 Å². The van der Waals surface area contributed by atoms with Gasteiger partial charge in [-0.3, -0.25) is 4.79 Å². The van der Waals surface area contributed by atoms with Crippen LogP contribution < -0.4 is 11.1 Å². The van der Waals surface area contributed by atoms with Crippen LogP contribution >= 0.6 is 11.3 Å². The average Bonchev–Trinajstić information content (AvgIpc) is 2.67. The maximum atomic E-state index is 11.9. The third-order valence-corrected chi connectivity index (χ3v) is 3.90. The molecule has 2 rings (SSSR count). The van der Waals surface area contributed by atoms with Crippen LogP contribution in [0.2, 0.25) is 0 Å². The summed E-state index contributed by atoms with van der Waals surface area (Å²) in [5.41, 5.74) is 6.27. The highest BCUT2D eigenvalue weighted by molar-refractivity contribution is 7.17. The number of hydrogen-bond acceptors (Lipinski definition) is 5. The van der Waals surface area contributed by atoms with Gasteiger partial charge in [-0.15, -0.1) is 0 Å². The Morgan fingerprint density at radius 2 is 2.29 bits per heavy atom. The Balaban J connectivity index is 1.86. The van der Waals surface area contributed by atoms with Crippen molar-refractivity contribution in [1.82, 2.24) is 10.3 Å². The van der Waals surface area contributed by atoms with Crippen LogP contribution in [0, 0.1) is 12.8 Å². The van der Waals surface area contributed by atoms with Crippen LogP contribution in [0.15, 0.2) is 0 Å². The summed E-state index contributed by atoms with van der Waals surface area (Å²) in [6.07, 6.45) is 2.04. The normalized spacial score (nSPS) is 17.0. The summed E-state index contributed by atoms with van der Waals surface area (Å²) >= 11 is 1.24. The highest BCUT2D eigenvalue weighted by Gasteiger charge is 2.17. The first-order valence-electron chi connectivity index (χ1n) is 5.75. The quantitative estimate of drug-likeness (QED) is 0.850. The second-order valence-corrected chi connectivity index (χ2v) is 5.26. The van der Waals surface area contributed by atoms with E-state index in [9.17, 15) is 4.79 Å². The van der Waals surface area contributed by atoms with Crippen LogP contribution in [0.25, 0.3) is 0 Å². The van der Waals surface area contributed by atoms with E-state index in [1.54, 1.807) is 6.92 Å². The summed E-state index contributed by atoms with van der Waals surface area (Å²) in [6, 6.07) is 0. The minimum absolute atomic E-state index is 0.0665. The smallest absolute Gasteiger partial charge is 0.263 e. The molecule has 1 aliphatic heterocycles. The van der Waals surface area contributed by atoms with Crippen molar-refractivity contribution >= 4 is 22.4 Å². The van der Waals surface area contributed by atoms with Gasteiger partial charge in [-0.05, 0) is 25.7 Å². The van der Waals surface area contributed by atoms with E-state index in [0.29, 0.717) is 28.2 Å². The molecule has 2 heterocycles. The standard InChI is InChI=1S/C11H17N3O2S/c1-7-9(17-11(12)14-7)10(15)13-6-8-2-4-16-5-3-8/h8H,2-6H2,1H3,(H2,12,14)(H,13,15). The van der Waals surface area contributed by atoms with E-state index in [0.717, 1.165) is 26.1 Å². The second-order valence-electron chi connectivity index (χ2n) is 4.23. The van der Waals surface area contributed by atoms with Gasteiger partial charge in [0.25, 0.3) is 5.91 Å². The van der Waals surface area contributed by atoms with E-state index in [1.165, 1.54) is 11.3 Å². The van der Waals surface area contributed by atoms with Gasteiger partial charge in [-0.2, -0.15) is 0 Å². The number of thiazole rings is 1. The fourth-order valence-corrected chi connectivity index (χ4v) is 2.65. The van der Waals surface area contributed by atoms with E-state index in [-0.39, 0.29) is 5.91 Å². The molecular weight excluding hydrogens is 238 g/mol. The number of amides is 1. The van der Waals surface area contributed by atoms with E-state index in [4.69, 9.17) is 10.5 Å². The van der Waals surface area contributed by atoms with Crippen molar-refractivity contribution in [3.63, 3.8) is 0 Å². The van der Waals surface area contributed by atoms with Crippen molar-refractivity contribution in [1.29, 1.82) is 0 Å². The monoisotopic (exact) mass is 255 g/mol. The number of rotatable bonds is 3. The molecular formula is C11H17N3O2S. The minimum Gasteiger partial charge on any atom is -0.381 e. The van der Waals surface area contributed by atoms with Gasteiger partial charge < -0.3 is 15.8 Å². The van der Waals surface area contributed by atoms with Gasteiger partial charge in [0.1, 0.15) is 4.88 Å². The zero-order valence-corrected chi connectivity index (χ0v) is 10.7. The lowest BCUT2D eigenvalue weighted by Gasteiger charge is -2.21. The first kappa shape index (κ1) is 12.3. The number of hydrogen-bond donors (Lipinski definition) is 2. The molecule has 1 amide bonds. The molecule has 17 heavy (non-hydrogen) atoms. The Labute approximate surface area is 104 Å². The molecule has 0 atom stereocenters. The lowest BCUT2D eigenvalue weighted by Crippen LogP contribution is -2.32. The summed E-state index contributed by atoms with van der Waals surface area (Å²) in [6.45, 7) is 4.11. The van der Waals surface area contributed by atoms with Crippen molar-refractivity contribution in [3.8, 4) is 0 Å². The largest absolute Gasteiger partial charge is 0.381 e. The Morgan fingerprint density at radius 3 is 2.88 bits per heavy atom. The summed E-state index contributed by atoms with van der Waals surface area (Å²) < 4.78 is 5.28. The van der Waals surface area contributed by atoms with Crippen molar-refractivity contribution in [2.75, 3.05) is 25.5 Å². The van der Waals surface area contributed by atoms with Crippen molar-refractivity contribution < 1.29 is 9.53 Å². The summed E-state index contributed by atoms with van der Waals surface area (Å²) in [7, 11) is 0. The molecule has 3 N–H and O–H groups in total. The zero-order chi connectivity index (χ0) is 12.3.